The Bertz CT molecular complexity index is 1240. The Morgan fingerprint density at radius 1 is 1.00 bits per heavy atom. The SMILES string of the molecule is CCOc1cc(C=NNC(=O)CCC(=O)Nc2ccccc2)cc(I)c1OCc1ccc(Cl)cc1Cl. The number of ether oxygens (including phenoxy) is 2. The van der Waals surface area contributed by atoms with Crippen LogP contribution in [0.15, 0.2) is 65.8 Å². The summed E-state index contributed by atoms with van der Waals surface area (Å²) in [6.45, 7) is 2.56. The van der Waals surface area contributed by atoms with Crippen LogP contribution in [0.25, 0.3) is 0 Å². The van der Waals surface area contributed by atoms with Gasteiger partial charge in [0.1, 0.15) is 6.61 Å². The number of amides is 2. The number of para-hydroxylation sites is 1. The summed E-state index contributed by atoms with van der Waals surface area (Å²) < 4.78 is 12.6. The number of anilines is 1. The van der Waals surface area contributed by atoms with Crippen molar-refractivity contribution in [2.45, 2.75) is 26.4 Å². The number of rotatable bonds is 11. The predicted molar refractivity (Wildman–Crippen MR) is 151 cm³/mol. The van der Waals surface area contributed by atoms with Gasteiger partial charge >= 0.3 is 0 Å². The highest BCUT2D eigenvalue weighted by molar-refractivity contribution is 14.1. The fourth-order valence-electron chi connectivity index (χ4n) is 3.06. The largest absolute Gasteiger partial charge is 0.490 e. The Hall–Kier alpha value is -2.82. The number of benzene rings is 3. The number of hydrazone groups is 1. The topological polar surface area (TPSA) is 89.0 Å². The van der Waals surface area contributed by atoms with Gasteiger partial charge < -0.3 is 14.8 Å². The zero-order chi connectivity index (χ0) is 25.9. The Balaban J connectivity index is 1.56. The molecule has 36 heavy (non-hydrogen) atoms. The van der Waals surface area contributed by atoms with Crippen LogP contribution >= 0.6 is 45.8 Å². The van der Waals surface area contributed by atoms with Gasteiger partial charge in [-0.25, -0.2) is 5.43 Å². The van der Waals surface area contributed by atoms with Gasteiger partial charge in [0.05, 0.1) is 16.4 Å². The van der Waals surface area contributed by atoms with E-state index in [1.54, 1.807) is 30.3 Å². The number of carbonyl (C=O) groups is 2. The van der Waals surface area contributed by atoms with Crippen LogP contribution in [0.4, 0.5) is 5.69 Å². The molecule has 10 heteroatoms. The summed E-state index contributed by atoms with van der Waals surface area (Å²) in [5.74, 6) is 0.509. The Kier molecular flexibility index (Phi) is 10.8. The number of nitrogens with one attached hydrogen (secondary N) is 2. The van der Waals surface area contributed by atoms with E-state index in [0.717, 1.165) is 9.13 Å². The third-order valence-electron chi connectivity index (χ3n) is 4.76. The molecule has 0 aromatic heterocycles. The normalized spacial score (nSPS) is 10.8. The standard InChI is InChI=1S/C26H24Cl2IN3O4/c1-2-35-23-13-17(12-22(29)26(23)36-16-18-8-9-19(27)14-21(18)28)15-30-32-25(34)11-10-24(33)31-20-6-4-3-5-7-20/h3-9,12-15H,2,10-11,16H2,1H3,(H,31,33)(H,32,34). The molecule has 0 spiro atoms. The second-order valence-corrected chi connectivity index (χ2v) is 9.50. The smallest absolute Gasteiger partial charge is 0.240 e. The fraction of sp³-hybridized carbons (Fsp3) is 0.192. The van der Waals surface area contributed by atoms with E-state index in [-0.39, 0.29) is 31.3 Å². The zero-order valence-electron chi connectivity index (χ0n) is 19.4. The summed E-state index contributed by atoms with van der Waals surface area (Å²) in [5.41, 5.74) is 4.63. The molecule has 2 amide bonds. The highest BCUT2D eigenvalue weighted by Gasteiger charge is 2.13. The average molecular weight is 640 g/mol. The van der Waals surface area contributed by atoms with Crippen LogP contribution in [0.2, 0.25) is 10.0 Å². The van der Waals surface area contributed by atoms with Crippen molar-refractivity contribution in [1.29, 1.82) is 0 Å². The van der Waals surface area contributed by atoms with E-state index in [0.29, 0.717) is 39.4 Å². The van der Waals surface area contributed by atoms with Crippen LogP contribution in [0, 0.1) is 3.57 Å². The first-order chi connectivity index (χ1) is 17.4. The van der Waals surface area contributed by atoms with Crippen molar-refractivity contribution in [3.05, 3.63) is 85.4 Å². The van der Waals surface area contributed by atoms with Crippen molar-refractivity contribution in [2.24, 2.45) is 5.10 Å². The van der Waals surface area contributed by atoms with Gasteiger partial charge in [0.2, 0.25) is 11.8 Å². The zero-order valence-corrected chi connectivity index (χ0v) is 23.1. The van der Waals surface area contributed by atoms with E-state index in [1.165, 1.54) is 6.21 Å². The van der Waals surface area contributed by atoms with Crippen LogP contribution in [-0.2, 0) is 16.2 Å². The third-order valence-corrected chi connectivity index (χ3v) is 6.15. The molecular formula is C26H24Cl2IN3O4. The molecule has 0 aliphatic carbocycles. The van der Waals surface area contributed by atoms with E-state index >= 15 is 0 Å². The van der Waals surface area contributed by atoms with Crippen LogP contribution in [-0.4, -0.2) is 24.6 Å². The molecule has 7 nitrogen and oxygen atoms in total. The monoisotopic (exact) mass is 639 g/mol. The predicted octanol–water partition coefficient (Wildman–Crippen LogP) is 6.44. The molecular weight excluding hydrogens is 616 g/mol. The molecule has 0 fully saturated rings. The van der Waals surface area contributed by atoms with Gasteiger partial charge in [0.15, 0.2) is 11.5 Å². The minimum absolute atomic E-state index is 0.0117. The van der Waals surface area contributed by atoms with Gasteiger partial charge in [-0.1, -0.05) is 47.5 Å². The van der Waals surface area contributed by atoms with Crippen LogP contribution in [0.5, 0.6) is 11.5 Å². The quantitative estimate of drug-likeness (QED) is 0.143. The van der Waals surface area contributed by atoms with Crippen molar-refractivity contribution in [3.8, 4) is 11.5 Å². The molecule has 0 atom stereocenters. The lowest BCUT2D eigenvalue weighted by molar-refractivity contribution is -0.124. The second-order valence-electron chi connectivity index (χ2n) is 7.49. The summed E-state index contributed by atoms with van der Waals surface area (Å²) in [4.78, 5) is 24.1. The highest BCUT2D eigenvalue weighted by atomic mass is 127. The maximum atomic E-state index is 12.1. The first kappa shape index (κ1) is 27.8. The summed E-state index contributed by atoms with van der Waals surface area (Å²) in [6, 6.07) is 17.9. The lowest BCUT2D eigenvalue weighted by Gasteiger charge is -2.15. The van der Waals surface area contributed by atoms with Gasteiger partial charge in [-0.15, -0.1) is 0 Å². The molecule has 0 radical (unpaired) electrons. The third kappa shape index (κ3) is 8.69. The van der Waals surface area contributed by atoms with Gasteiger partial charge in [0, 0.05) is 34.1 Å². The van der Waals surface area contributed by atoms with E-state index in [4.69, 9.17) is 32.7 Å². The minimum Gasteiger partial charge on any atom is -0.490 e. The number of nitrogens with zero attached hydrogens (tertiary/aromatic N) is 1. The summed E-state index contributed by atoms with van der Waals surface area (Å²) in [7, 11) is 0. The van der Waals surface area contributed by atoms with Gasteiger partial charge in [-0.05, 0) is 71.5 Å². The number of halogens is 3. The molecule has 0 aliphatic rings. The number of hydrogen-bond donors (Lipinski definition) is 2. The van der Waals surface area contributed by atoms with Gasteiger partial charge in [-0.3, -0.25) is 9.59 Å². The van der Waals surface area contributed by atoms with Crippen LogP contribution in [0.3, 0.4) is 0 Å². The number of carbonyl (C=O) groups excluding carboxylic acids is 2. The van der Waals surface area contributed by atoms with Crippen molar-refractivity contribution in [2.75, 3.05) is 11.9 Å². The first-order valence-electron chi connectivity index (χ1n) is 11.1. The molecule has 0 saturated carbocycles. The lowest BCUT2D eigenvalue weighted by atomic mass is 10.2. The van der Waals surface area contributed by atoms with Gasteiger partial charge in [-0.2, -0.15) is 5.10 Å². The van der Waals surface area contributed by atoms with E-state index in [1.807, 2.05) is 37.3 Å². The van der Waals surface area contributed by atoms with E-state index in [2.05, 4.69) is 38.4 Å². The second kappa shape index (κ2) is 14.1. The maximum Gasteiger partial charge on any atom is 0.240 e. The van der Waals surface area contributed by atoms with Crippen molar-refractivity contribution in [3.63, 3.8) is 0 Å². The fourth-order valence-corrected chi connectivity index (χ4v) is 4.31. The molecule has 3 rings (SSSR count). The Morgan fingerprint density at radius 3 is 2.47 bits per heavy atom. The molecule has 3 aromatic carbocycles. The summed E-state index contributed by atoms with van der Waals surface area (Å²) >= 11 is 14.4. The van der Waals surface area contributed by atoms with Crippen molar-refractivity contribution >= 4 is 69.5 Å². The van der Waals surface area contributed by atoms with Crippen LogP contribution in [0.1, 0.15) is 30.9 Å². The maximum absolute atomic E-state index is 12.1. The Morgan fingerprint density at radius 2 is 1.75 bits per heavy atom. The first-order valence-corrected chi connectivity index (χ1v) is 12.9. The molecule has 2 N–H and O–H groups in total. The van der Waals surface area contributed by atoms with Crippen molar-refractivity contribution < 1.29 is 19.1 Å². The summed E-state index contributed by atoms with van der Waals surface area (Å²) in [5, 5.41) is 7.82. The number of hydrogen-bond acceptors (Lipinski definition) is 5. The molecule has 0 unspecified atom stereocenters. The highest BCUT2D eigenvalue weighted by Crippen LogP contribution is 2.35. The molecule has 0 heterocycles. The average Bonchev–Trinajstić information content (AvgIpc) is 2.84. The molecule has 0 bridgehead atoms. The molecule has 188 valence electrons. The van der Waals surface area contributed by atoms with Gasteiger partial charge in [0.25, 0.3) is 0 Å². The lowest BCUT2D eigenvalue weighted by Crippen LogP contribution is -2.20. The minimum atomic E-state index is -0.367. The molecule has 0 saturated heterocycles. The van der Waals surface area contributed by atoms with E-state index < -0.39 is 0 Å². The van der Waals surface area contributed by atoms with Crippen LogP contribution < -0.4 is 20.2 Å². The Labute approximate surface area is 233 Å². The van der Waals surface area contributed by atoms with Crippen molar-refractivity contribution in [1.82, 2.24) is 5.43 Å². The molecule has 3 aromatic rings. The molecule has 0 aliphatic heterocycles. The van der Waals surface area contributed by atoms with E-state index in [9.17, 15) is 9.59 Å². The summed E-state index contributed by atoms with van der Waals surface area (Å²) in [6.07, 6.45) is 1.57.